The first-order chi connectivity index (χ1) is 11.3. The number of fused-ring (bicyclic) bond motifs is 1. The van der Waals surface area contributed by atoms with Gasteiger partial charge in [0.25, 0.3) is 5.91 Å². The number of carbonyl (C=O) groups excluding carboxylic acids is 1. The quantitative estimate of drug-likeness (QED) is 0.934. The number of ether oxygens (including phenoxy) is 2. The molecule has 4 rings (SSSR count). The van der Waals surface area contributed by atoms with Crippen LogP contribution in [0.25, 0.3) is 0 Å². The van der Waals surface area contributed by atoms with E-state index in [-0.39, 0.29) is 18.7 Å². The van der Waals surface area contributed by atoms with E-state index in [2.05, 4.69) is 4.98 Å². The summed E-state index contributed by atoms with van der Waals surface area (Å²) in [6, 6.07) is 5.95. The molecule has 7 heteroatoms. The molecule has 1 aromatic carbocycles. The Bertz CT molecular complexity index is 746. The van der Waals surface area contributed by atoms with E-state index in [0.717, 1.165) is 41.5 Å². The number of benzene rings is 1. The van der Waals surface area contributed by atoms with Gasteiger partial charge in [0.15, 0.2) is 11.5 Å². The number of rotatable bonds is 3. The van der Waals surface area contributed by atoms with Gasteiger partial charge in [-0.15, -0.1) is 11.3 Å². The highest BCUT2D eigenvalue weighted by atomic mass is 32.1. The zero-order chi connectivity index (χ0) is 15.8. The number of hydrogen-bond acceptors (Lipinski definition) is 6. The summed E-state index contributed by atoms with van der Waals surface area (Å²) < 4.78 is 10.8. The van der Waals surface area contributed by atoms with Crippen LogP contribution in [0, 0.1) is 0 Å². The fourth-order valence-electron chi connectivity index (χ4n) is 3.13. The second-order valence-electron chi connectivity index (χ2n) is 5.60. The molecule has 1 atom stereocenters. The fraction of sp³-hybridized carbons (Fsp3) is 0.375. The summed E-state index contributed by atoms with van der Waals surface area (Å²) in [4.78, 5) is 19.0. The number of nitrogens with zero attached hydrogens (tertiary/aromatic N) is 2. The zero-order valence-electron chi connectivity index (χ0n) is 12.5. The van der Waals surface area contributed by atoms with Crippen molar-refractivity contribution in [2.45, 2.75) is 25.4 Å². The third-order valence-electron chi connectivity index (χ3n) is 4.24. The fourth-order valence-corrected chi connectivity index (χ4v) is 3.78. The minimum Gasteiger partial charge on any atom is -0.454 e. The van der Waals surface area contributed by atoms with Gasteiger partial charge >= 0.3 is 0 Å². The molecular weight excluding hydrogens is 314 g/mol. The van der Waals surface area contributed by atoms with Crippen LogP contribution in [0.2, 0.25) is 0 Å². The Balaban J connectivity index is 1.60. The van der Waals surface area contributed by atoms with Crippen molar-refractivity contribution in [3.63, 3.8) is 0 Å². The second kappa shape index (κ2) is 5.82. The molecule has 23 heavy (non-hydrogen) atoms. The highest BCUT2D eigenvalue weighted by molar-refractivity contribution is 7.09. The Morgan fingerprint density at radius 2 is 2.26 bits per heavy atom. The lowest BCUT2D eigenvalue weighted by Crippen LogP contribution is -2.30. The van der Waals surface area contributed by atoms with Gasteiger partial charge in [-0.2, -0.15) is 0 Å². The number of thiazole rings is 1. The van der Waals surface area contributed by atoms with E-state index in [9.17, 15) is 4.79 Å². The molecule has 1 saturated heterocycles. The lowest BCUT2D eigenvalue weighted by molar-refractivity contribution is 0.0730. The molecule has 2 aliphatic heterocycles. The maximum Gasteiger partial charge on any atom is 0.273 e. The minimum atomic E-state index is -0.0267. The highest BCUT2D eigenvalue weighted by Gasteiger charge is 2.32. The summed E-state index contributed by atoms with van der Waals surface area (Å²) in [6.07, 6.45) is 1.93. The normalized spacial score (nSPS) is 19.3. The Morgan fingerprint density at radius 1 is 1.39 bits per heavy atom. The van der Waals surface area contributed by atoms with E-state index in [0.29, 0.717) is 12.2 Å². The summed E-state index contributed by atoms with van der Waals surface area (Å²) in [5, 5.41) is 2.58. The van der Waals surface area contributed by atoms with Gasteiger partial charge in [-0.1, -0.05) is 6.07 Å². The van der Waals surface area contributed by atoms with E-state index in [4.69, 9.17) is 15.2 Å². The summed E-state index contributed by atoms with van der Waals surface area (Å²) in [5.74, 6) is 1.48. The predicted octanol–water partition coefficient (Wildman–Crippen LogP) is 2.31. The van der Waals surface area contributed by atoms with Crippen LogP contribution in [-0.2, 0) is 6.54 Å². The van der Waals surface area contributed by atoms with Crippen molar-refractivity contribution >= 4 is 17.2 Å². The summed E-state index contributed by atoms with van der Waals surface area (Å²) in [6.45, 7) is 1.36. The molecule has 2 aliphatic rings. The number of amides is 1. The van der Waals surface area contributed by atoms with Gasteiger partial charge in [-0.05, 0) is 30.5 Å². The predicted molar refractivity (Wildman–Crippen MR) is 85.6 cm³/mol. The molecule has 2 aromatic rings. The number of aromatic nitrogens is 1. The summed E-state index contributed by atoms with van der Waals surface area (Å²) in [5.41, 5.74) is 7.15. The Labute approximate surface area is 137 Å². The lowest BCUT2D eigenvalue weighted by Gasteiger charge is -2.24. The molecule has 0 radical (unpaired) electrons. The molecule has 120 valence electrons. The van der Waals surface area contributed by atoms with Crippen molar-refractivity contribution in [1.82, 2.24) is 9.88 Å². The van der Waals surface area contributed by atoms with Crippen LogP contribution in [0.3, 0.4) is 0 Å². The minimum absolute atomic E-state index is 0.0267. The van der Waals surface area contributed by atoms with Gasteiger partial charge in [-0.3, -0.25) is 4.79 Å². The molecule has 0 saturated carbocycles. The van der Waals surface area contributed by atoms with Gasteiger partial charge in [0.2, 0.25) is 6.79 Å². The molecule has 6 nitrogen and oxygen atoms in total. The van der Waals surface area contributed by atoms with Gasteiger partial charge in [-0.25, -0.2) is 4.98 Å². The van der Waals surface area contributed by atoms with Gasteiger partial charge in [0.1, 0.15) is 10.7 Å². The number of carbonyl (C=O) groups is 1. The van der Waals surface area contributed by atoms with Crippen molar-refractivity contribution in [3.05, 3.63) is 39.8 Å². The van der Waals surface area contributed by atoms with Crippen molar-refractivity contribution in [2.75, 3.05) is 13.3 Å². The molecule has 0 spiro atoms. The van der Waals surface area contributed by atoms with E-state index in [1.807, 2.05) is 23.1 Å². The molecule has 0 bridgehead atoms. The highest BCUT2D eigenvalue weighted by Crippen LogP contribution is 2.39. The van der Waals surface area contributed by atoms with Crippen LogP contribution in [0.4, 0.5) is 0 Å². The van der Waals surface area contributed by atoms with E-state index >= 15 is 0 Å². The zero-order valence-corrected chi connectivity index (χ0v) is 13.3. The van der Waals surface area contributed by atoms with E-state index in [1.54, 1.807) is 5.38 Å². The van der Waals surface area contributed by atoms with Crippen LogP contribution in [0.5, 0.6) is 11.5 Å². The maximum absolute atomic E-state index is 12.8. The second-order valence-corrected chi connectivity index (χ2v) is 6.54. The lowest BCUT2D eigenvalue weighted by atomic mass is 10.0. The van der Waals surface area contributed by atoms with Gasteiger partial charge < -0.3 is 20.1 Å². The van der Waals surface area contributed by atoms with Crippen LogP contribution < -0.4 is 15.2 Å². The van der Waals surface area contributed by atoms with Gasteiger partial charge in [0, 0.05) is 18.5 Å². The first kappa shape index (κ1) is 14.5. The van der Waals surface area contributed by atoms with Crippen molar-refractivity contribution in [3.8, 4) is 11.5 Å². The molecule has 1 fully saturated rings. The van der Waals surface area contributed by atoms with Crippen LogP contribution in [0.15, 0.2) is 23.6 Å². The number of hydrogen-bond donors (Lipinski definition) is 1. The first-order valence-corrected chi connectivity index (χ1v) is 8.49. The molecule has 1 amide bonds. The Morgan fingerprint density at radius 3 is 3.09 bits per heavy atom. The molecule has 0 aliphatic carbocycles. The topological polar surface area (TPSA) is 77.7 Å². The summed E-state index contributed by atoms with van der Waals surface area (Å²) >= 11 is 1.43. The standard InChI is InChI=1S/C16H17N3O3S/c17-7-15-18-11(8-23-15)16(20)19-5-1-2-12(19)10-3-4-13-14(6-10)22-9-21-13/h3-4,6,8,12H,1-2,5,7,9,17H2. The average Bonchev–Trinajstić information content (AvgIpc) is 3.32. The molecule has 1 aromatic heterocycles. The van der Waals surface area contributed by atoms with Crippen LogP contribution in [0.1, 0.15) is 39.9 Å². The SMILES string of the molecule is NCc1nc(C(=O)N2CCCC2c2ccc3c(c2)OCO3)cs1. The largest absolute Gasteiger partial charge is 0.454 e. The van der Waals surface area contributed by atoms with Crippen LogP contribution >= 0.6 is 11.3 Å². The Hall–Kier alpha value is -2.12. The first-order valence-electron chi connectivity index (χ1n) is 7.61. The molecule has 3 heterocycles. The van der Waals surface area contributed by atoms with Crippen molar-refractivity contribution < 1.29 is 14.3 Å². The molecule has 1 unspecified atom stereocenters. The number of nitrogens with two attached hydrogens (primary N) is 1. The monoisotopic (exact) mass is 331 g/mol. The van der Waals surface area contributed by atoms with E-state index in [1.165, 1.54) is 11.3 Å². The van der Waals surface area contributed by atoms with E-state index < -0.39 is 0 Å². The third-order valence-corrected chi connectivity index (χ3v) is 5.11. The van der Waals surface area contributed by atoms with Crippen molar-refractivity contribution in [1.29, 1.82) is 0 Å². The number of likely N-dealkylation sites (tertiary alicyclic amines) is 1. The summed E-state index contributed by atoms with van der Waals surface area (Å²) in [7, 11) is 0. The van der Waals surface area contributed by atoms with Gasteiger partial charge in [0.05, 0.1) is 6.04 Å². The third kappa shape index (κ3) is 2.55. The smallest absolute Gasteiger partial charge is 0.273 e. The average molecular weight is 331 g/mol. The maximum atomic E-state index is 12.8. The Kier molecular flexibility index (Phi) is 3.66. The molecule has 2 N–H and O–H groups in total. The van der Waals surface area contributed by atoms with Crippen molar-refractivity contribution in [2.24, 2.45) is 5.73 Å². The van der Waals surface area contributed by atoms with Crippen LogP contribution in [-0.4, -0.2) is 29.1 Å². The molecular formula is C16H17N3O3S.